The van der Waals surface area contributed by atoms with Crippen molar-refractivity contribution in [3.8, 4) is 0 Å². The van der Waals surface area contributed by atoms with Gasteiger partial charge < -0.3 is 4.42 Å². The van der Waals surface area contributed by atoms with Crippen molar-refractivity contribution >= 4 is 29.0 Å². The van der Waals surface area contributed by atoms with E-state index in [0.29, 0.717) is 17.1 Å². The van der Waals surface area contributed by atoms with E-state index in [1.54, 1.807) is 12.1 Å². The van der Waals surface area contributed by atoms with E-state index >= 15 is 0 Å². The van der Waals surface area contributed by atoms with E-state index in [1.807, 2.05) is 24.3 Å². The SMILES string of the molecule is O=Cc1ccc(Sc2ncnc3ccccc23)o1. The van der Waals surface area contributed by atoms with Crippen LogP contribution in [0.1, 0.15) is 10.6 Å². The highest BCUT2D eigenvalue weighted by atomic mass is 32.2. The fourth-order valence-corrected chi connectivity index (χ4v) is 2.46. The number of furan rings is 1. The van der Waals surface area contributed by atoms with E-state index in [9.17, 15) is 4.79 Å². The van der Waals surface area contributed by atoms with Gasteiger partial charge in [-0.2, -0.15) is 0 Å². The lowest BCUT2D eigenvalue weighted by Crippen LogP contribution is -1.85. The second-order valence-electron chi connectivity index (χ2n) is 3.57. The standard InChI is InChI=1S/C13H8N2O2S/c16-7-9-5-6-12(17-9)18-13-10-3-1-2-4-11(10)14-8-15-13/h1-8H. The maximum absolute atomic E-state index is 10.6. The van der Waals surface area contributed by atoms with Crippen LogP contribution in [0.5, 0.6) is 0 Å². The monoisotopic (exact) mass is 256 g/mol. The normalized spacial score (nSPS) is 10.7. The first-order valence-electron chi connectivity index (χ1n) is 5.29. The second kappa shape index (κ2) is 4.62. The second-order valence-corrected chi connectivity index (χ2v) is 4.57. The van der Waals surface area contributed by atoms with Crippen LogP contribution >= 0.6 is 11.8 Å². The summed E-state index contributed by atoms with van der Waals surface area (Å²) in [6, 6.07) is 11.2. The van der Waals surface area contributed by atoms with Gasteiger partial charge in [0.1, 0.15) is 11.4 Å². The van der Waals surface area contributed by atoms with E-state index in [-0.39, 0.29) is 0 Å². The maximum atomic E-state index is 10.6. The van der Waals surface area contributed by atoms with Gasteiger partial charge in [-0.1, -0.05) is 18.2 Å². The average Bonchev–Trinajstić information content (AvgIpc) is 2.87. The van der Waals surface area contributed by atoms with Crippen molar-refractivity contribution in [2.75, 3.05) is 0 Å². The van der Waals surface area contributed by atoms with E-state index in [4.69, 9.17) is 4.42 Å². The predicted molar refractivity (Wildman–Crippen MR) is 67.8 cm³/mol. The van der Waals surface area contributed by atoms with Crippen LogP contribution in [-0.4, -0.2) is 16.3 Å². The Kier molecular flexibility index (Phi) is 2.82. The summed E-state index contributed by atoms with van der Waals surface area (Å²) in [5.41, 5.74) is 0.886. The van der Waals surface area contributed by atoms with E-state index < -0.39 is 0 Å². The summed E-state index contributed by atoms with van der Waals surface area (Å²) in [6.45, 7) is 0. The van der Waals surface area contributed by atoms with Crippen LogP contribution in [0.4, 0.5) is 0 Å². The van der Waals surface area contributed by atoms with Gasteiger partial charge in [0.25, 0.3) is 0 Å². The molecule has 0 N–H and O–H groups in total. The minimum atomic E-state index is 0.316. The zero-order valence-corrected chi connectivity index (χ0v) is 10.1. The largest absolute Gasteiger partial charge is 0.447 e. The number of benzene rings is 1. The number of aromatic nitrogens is 2. The predicted octanol–water partition coefficient (Wildman–Crippen LogP) is 3.19. The lowest BCUT2D eigenvalue weighted by atomic mass is 10.2. The number of rotatable bonds is 3. The van der Waals surface area contributed by atoms with Crippen molar-refractivity contribution in [3.63, 3.8) is 0 Å². The smallest absolute Gasteiger partial charge is 0.185 e. The van der Waals surface area contributed by atoms with Gasteiger partial charge in [0.15, 0.2) is 17.1 Å². The Balaban J connectivity index is 2.01. The summed E-state index contributed by atoms with van der Waals surface area (Å²) in [4.78, 5) is 19.0. The zero-order chi connectivity index (χ0) is 12.4. The summed E-state index contributed by atoms with van der Waals surface area (Å²) in [6.07, 6.45) is 2.20. The minimum Gasteiger partial charge on any atom is -0.447 e. The lowest BCUT2D eigenvalue weighted by molar-refractivity contribution is 0.109. The number of para-hydroxylation sites is 1. The van der Waals surface area contributed by atoms with Gasteiger partial charge in [0.2, 0.25) is 0 Å². The molecule has 0 aliphatic heterocycles. The average molecular weight is 256 g/mol. The summed E-state index contributed by atoms with van der Waals surface area (Å²) in [7, 11) is 0. The first kappa shape index (κ1) is 11.0. The number of nitrogens with zero attached hydrogens (tertiary/aromatic N) is 2. The first-order valence-corrected chi connectivity index (χ1v) is 6.11. The van der Waals surface area contributed by atoms with Crippen LogP contribution in [0.15, 0.2) is 57.3 Å². The third-order valence-electron chi connectivity index (χ3n) is 2.42. The molecule has 2 heterocycles. The molecule has 0 amide bonds. The van der Waals surface area contributed by atoms with Crippen LogP contribution < -0.4 is 0 Å². The molecule has 88 valence electrons. The van der Waals surface area contributed by atoms with Gasteiger partial charge in [0, 0.05) is 5.39 Å². The third-order valence-corrected chi connectivity index (χ3v) is 3.36. The molecule has 0 saturated carbocycles. The Morgan fingerprint density at radius 1 is 1.11 bits per heavy atom. The molecular formula is C13H8N2O2S. The minimum absolute atomic E-state index is 0.316. The quantitative estimate of drug-likeness (QED) is 0.532. The van der Waals surface area contributed by atoms with Crippen molar-refractivity contribution in [3.05, 3.63) is 48.5 Å². The Morgan fingerprint density at radius 2 is 2.00 bits per heavy atom. The molecule has 0 spiro atoms. The number of carbonyl (C=O) groups is 1. The van der Waals surface area contributed by atoms with Gasteiger partial charge in [-0.25, -0.2) is 9.97 Å². The Morgan fingerprint density at radius 3 is 2.83 bits per heavy atom. The van der Waals surface area contributed by atoms with Crippen LogP contribution in [0, 0.1) is 0 Å². The zero-order valence-electron chi connectivity index (χ0n) is 9.24. The molecule has 0 bridgehead atoms. The number of hydrogen-bond acceptors (Lipinski definition) is 5. The molecule has 2 aromatic heterocycles. The van der Waals surface area contributed by atoms with Gasteiger partial charge in [-0.05, 0) is 30.0 Å². The van der Waals surface area contributed by atoms with E-state index in [0.717, 1.165) is 15.9 Å². The highest BCUT2D eigenvalue weighted by Gasteiger charge is 2.08. The molecule has 4 nitrogen and oxygen atoms in total. The number of carbonyl (C=O) groups excluding carboxylic acids is 1. The Bertz CT molecular complexity index is 704. The van der Waals surface area contributed by atoms with Crippen LogP contribution in [0.3, 0.4) is 0 Å². The molecule has 0 unspecified atom stereocenters. The van der Waals surface area contributed by atoms with Crippen molar-refractivity contribution in [1.82, 2.24) is 9.97 Å². The Labute approximate surface area is 107 Å². The van der Waals surface area contributed by atoms with Gasteiger partial charge >= 0.3 is 0 Å². The molecule has 3 aromatic rings. The molecule has 0 aliphatic carbocycles. The van der Waals surface area contributed by atoms with Crippen molar-refractivity contribution in [2.24, 2.45) is 0 Å². The molecule has 0 atom stereocenters. The van der Waals surface area contributed by atoms with E-state index in [2.05, 4.69) is 9.97 Å². The van der Waals surface area contributed by atoms with Crippen molar-refractivity contribution < 1.29 is 9.21 Å². The molecule has 0 saturated heterocycles. The molecule has 0 radical (unpaired) electrons. The summed E-state index contributed by atoms with van der Waals surface area (Å²) < 4.78 is 5.32. The number of hydrogen-bond donors (Lipinski definition) is 0. The van der Waals surface area contributed by atoms with Gasteiger partial charge in [0.05, 0.1) is 5.52 Å². The van der Waals surface area contributed by atoms with Crippen LogP contribution in [0.25, 0.3) is 10.9 Å². The van der Waals surface area contributed by atoms with Crippen LogP contribution in [-0.2, 0) is 0 Å². The first-order chi connectivity index (χ1) is 8.86. The number of aldehydes is 1. The maximum Gasteiger partial charge on any atom is 0.185 e. The molecule has 0 fully saturated rings. The topological polar surface area (TPSA) is 56.0 Å². The molecular weight excluding hydrogens is 248 g/mol. The van der Waals surface area contributed by atoms with Gasteiger partial charge in [-0.3, -0.25) is 4.79 Å². The van der Waals surface area contributed by atoms with Gasteiger partial charge in [-0.15, -0.1) is 0 Å². The van der Waals surface area contributed by atoms with Crippen LogP contribution in [0.2, 0.25) is 0 Å². The molecule has 5 heteroatoms. The summed E-state index contributed by atoms with van der Waals surface area (Å²) >= 11 is 1.38. The lowest BCUT2D eigenvalue weighted by Gasteiger charge is -2.01. The fourth-order valence-electron chi connectivity index (χ4n) is 1.61. The van der Waals surface area contributed by atoms with Crippen molar-refractivity contribution in [1.29, 1.82) is 0 Å². The Hall–Kier alpha value is -2.14. The number of fused-ring (bicyclic) bond motifs is 1. The third kappa shape index (κ3) is 2.00. The molecule has 18 heavy (non-hydrogen) atoms. The summed E-state index contributed by atoms with van der Waals surface area (Å²) in [5.74, 6) is 0.316. The summed E-state index contributed by atoms with van der Waals surface area (Å²) in [5, 5.41) is 2.42. The molecule has 3 rings (SSSR count). The molecule has 1 aromatic carbocycles. The highest BCUT2D eigenvalue weighted by molar-refractivity contribution is 7.99. The molecule has 0 aliphatic rings. The van der Waals surface area contributed by atoms with E-state index in [1.165, 1.54) is 18.1 Å². The fraction of sp³-hybridized carbons (Fsp3) is 0. The van der Waals surface area contributed by atoms with Crippen molar-refractivity contribution in [2.45, 2.75) is 10.1 Å². The highest BCUT2D eigenvalue weighted by Crippen LogP contribution is 2.31.